The van der Waals surface area contributed by atoms with Crippen LogP contribution in [-0.4, -0.2) is 59.8 Å². The van der Waals surface area contributed by atoms with Gasteiger partial charge in [0.05, 0.1) is 12.6 Å². The summed E-state index contributed by atoms with van der Waals surface area (Å²) in [6, 6.07) is 17.0. The molecular formula is C24H27N3O3S. The first-order chi connectivity index (χ1) is 15.0. The zero-order chi connectivity index (χ0) is 21.8. The summed E-state index contributed by atoms with van der Waals surface area (Å²) in [5.41, 5.74) is 2.08. The molecule has 1 atom stereocenters. The standard InChI is InChI=1S/C24H27N3O3S/c1-17(22-15-18-6-3-4-9-21(18)30-22)26(2)16-23(28)25-20-8-5-7-19(14-20)24(29)27-10-12-31-13-11-27/h3-9,14-15,17H,10-13,16H2,1-2H3,(H,25,28). The number of para-hydroxylation sites is 1. The molecular weight excluding hydrogens is 410 g/mol. The van der Waals surface area contributed by atoms with Crippen LogP contribution < -0.4 is 5.32 Å². The lowest BCUT2D eigenvalue weighted by Crippen LogP contribution is -2.37. The third-order valence-corrected chi connectivity index (χ3v) is 6.54. The second kappa shape index (κ2) is 9.58. The van der Waals surface area contributed by atoms with E-state index in [1.165, 1.54) is 0 Å². The Labute approximate surface area is 186 Å². The molecule has 0 radical (unpaired) electrons. The molecule has 31 heavy (non-hydrogen) atoms. The van der Waals surface area contributed by atoms with E-state index < -0.39 is 0 Å². The Morgan fingerprint density at radius 1 is 1.13 bits per heavy atom. The number of amides is 2. The summed E-state index contributed by atoms with van der Waals surface area (Å²) in [6.45, 7) is 3.76. The van der Waals surface area contributed by atoms with E-state index in [-0.39, 0.29) is 24.4 Å². The van der Waals surface area contributed by atoms with Crippen molar-refractivity contribution >= 4 is 40.2 Å². The summed E-state index contributed by atoms with van der Waals surface area (Å²) in [6.07, 6.45) is 0. The highest BCUT2D eigenvalue weighted by atomic mass is 32.2. The molecule has 1 aromatic heterocycles. The SMILES string of the molecule is CC(c1cc2ccccc2o1)N(C)CC(=O)Nc1cccc(C(=O)N2CCSCC2)c1. The molecule has 0 saturated carbocycles. The van der Waals surface area contributed by atoms with Gasteiger partial charge in [0.2, 0.25) is 5.91 Å². The third kappa shape index (κ3) is 5.11. The van der Waals surface area contributed by atoms with Gasteiger partial charge in [0, 0.05) is 41.2 Å². The van der Waals surface area contributed by atoms with E-state index in [1.54, 1.807) is 12.1 Å². The van der Waals surface area contributed by atoms with Crippen molar-refractivity contribution < 1.29 is 14.0 Å². The highest BCUT2D eigenvalue weighted by Crippen LogP contribution is 2.26. The molecule has 1 saturated heterocycles. The fourth-order valence-electron chi connectivity index (χ4n) is 3.67. The van der Waals surface area contributed by atoms with Crippen LogP contribution in [-0.2, 0) is 4.79 Å². The van der Waals surface area contributed by atoms with Crippen LogP contribution in [0.15, 0.2) is 59.0 Å². The molecule has 0 aliphatic carbocycles. The average molecular weight is 438 g/mol. The van der Waals surface area contributed by atoms with Crippen LogP contribution >= 0.6 is 11.8 Å². The molecule has 1 aliphatic heterocycles. The van der Waals surface area contributed by atoms with Crippen molar-refractivity contribution in [1.29, 1.82) is 0 Å². The zero-order valence-corrected chi connectivity index (χ0v) is 18.7. The molecule has 4 rings (SSSR count). The Morgan fingerprint density at radius 2 is 1.90 bits per heavy atom. The minimum Gasteiger partial charge on any atom is -0.459 e. The first-order valence-electron chi connectivity index (χ1n) is 10.5. The number of carbonyl (C=O) groups excluding carboxylic acids is 2. The predicted octanol–water partition coefficient (Wildman–Crippen LogP) is 4.25. The topological polar surface area (TPSA) is 65.8 Å². The minimum atomic E-state index is -0.135. The Morgan fingerprint density at radius 3 is 2.68 bits per heavy atom. The molecule has 1 aliphatic rings. The van der Waals surface area contributed by atoms with Crippen molar-refractivity contribution in [2.45, 2.75) is 13.0 Å². The molecule has 7 heteroatoms. The number of fused-ring (bicyclic) bond motifs is 1. The lowest BCUT2D eigenvalue weighted by molar-refractivity contribution is -0.117. The first-order valence-corrected chi connectivity index (χ1v) is 11.6. The van der Waals surface area contributed by atoms with E-state index in [1.807, 2.05) is 78.0 Å². The maximum absolute atomic E-state index is 12.7. The molecule has 1 fully saturated rings. The van der Waals surface area contributed by atoms with Crippen molar-refractivity contribution in [3.63, 3.8) is 0 Å². The van der Waals surface area contributed by atoms with Gasteiger partial charge in [-0.25, -0.2) is 0 Å². The smallest absolute Gasteiger partial charge is 0.253 e. The Balaban J connectivity index is 1.37. The van der Waals surface area contributed by atoms with Crippen LogP contribution in [0.1, 0.15) is 29.1 Å². The van der Waals surface area contributed by atoms with Crippen molar-refractivity contribution in [1.82, 2.24) is 9.80 Å². The van der Waals surface area contributed by atoms with Gasteiger partial charge in [-0.1, -0.05) is 24.3 Å². The van der Waals surface area contributed by atoms with Gasteiger partial charge >= 0.3 is 0 Å². The Bertz CT molecular complexity index is 1040. The number of nitrogens with one attached hydrogen (secondary N) is 1. The molecule has 162 valence electrons. The largest absolute Gasteiger partial charge is 0.459 e. The highest BCUT2D eigenvalue weighted by molar-refractivity contribution is 7.99. The van der Waals surface area contributed by atoms with Crippen LogP contribution in [0.3, 0.4) is 0 Å². The van der Waals surface area contributed by atoms with Gasteiger partial charge in [-0.2, -0.15) is 11.8 Å². The number of anilines is 1. The van der Waals surface area contributed by atoms with Gasteiger partial charge < -0.3 is 14.6 Å². The fourth-order valence-corrected chi connectivity index (χ4v) is 4.57. The van der Waals surface area contributed by atoms with E-state index in [0.29, 0.717) is 11.3 Å². The molecule has 0 spiro atoms. The van der Waals surface area contributed by atoms with Crippen LogP contribution in [0, 0.1) is 0 Å². The van der Waals surface area contributed by atoms with Crippen molar-refractivity contribution in [3.05, 3.63) is 65.9 Å². The Kier molecular flexibility index (Phi) is 6.63. The summed E-state index contributed by atoms with van der Waals surface area (Å²) >= 11 is 1.87. The van der Waals surface area contributed by atoms with Gasteiger partial charge in [0.15, 0.2) is 0 Å². The van der Waals surface area contributed by atoms with Gasteiger partial charge in [0.25, 0.3) is 5.91 Å². The minimum absolute atomic E-state index is 0.0204. The summed E-state index contributed by atoms with van der Waals surface area (Å²) in [5.74, 6) is 2.65. The van der Waals surface area contributed by atoms with Crippen LogP contribution in [0.4, 0.5) is 5.69 Å². The fraction of sp³-hybridized carbons (Fsp3) is 0.333. The molecule has 2 aromatic carbocycles. The number of rotatable bonds is 6. The van der Waals surface area contributed by atoms with Gasteiger partial charge in [-0.3, -0.25) is 14.5 Å². The summed E-state index contributed by atoms with van der Waals surface area (Å²) in [5, 5.41) is 3.97. The number of carbonyl (C=O) groups is 2. The predicted molar refractivity (Wildman–Crippen MR) is 126 cm³/mol. The molecule has 1 unspecified atom stereocenters. The molecule has 0 bridgehead atoms. The number of benzene rings is 2. The lowest BCUT2D eigenvalue weighted by atomic mass is 10.1. The van der Waals surface area contributed by atoms with Crippen LogP contribution in [0.25, 0.3) is 11.0 Å². The van der Waals surface area contributed by atoms with E-state index in [4.69, 9.17) is 4.42 Å². The average Bonchev–Trinajstić information content (AvgIpc) is 3.23. The normalized spacial score (nSPS) is 15.3. The number of hydrogen-bond acceptors (Lipinski definition) is 5. The van der Waals surface area contributed by atoms with E-state index in [0.717, 1.165) is 41.3 Å². The van der Waals surface area contributed by atoms with Crippen molar-refractivity contribution in [2.75, 3.05) is 43.5 Å². The highest BCUT2D eigenvalue weighted by Gasteiger charge is 2.20. The second-order valence-corrected chi connectivity index (χ2v) is 9.04. The van der Waals surface area contributed by atoms with E-state index in [9.17, 15) is 9.59 Å². The lowest BCUT2D eigenvalue weighted by Gasteiger charge is -2.26. The number of thioether (sulfide) groups is 1. The third-order valence-electron chi connectivity index (χ3n) is 5.60. The molecule has 6 nitrogen and oxygen atoms in total. The maximum atomic E-state index is 12.7. The number of furan rings is 1. The quantitative estimate of drug-likeness (QED) is 0.624. The number of hydrogen-bond donors (Lipinski definition) is 1. The second-order valence-electron chi connectivity index (χ2n) is 7.81. The molecule has 2 heterocycles. The number of nitrogens with zero attached hydrogens (tertiary/aromatic N) is 2. The monoisotopic (exact) mass is 437 g/mol. The van der Waals surface area contributed by atoms with Crippen LogP contribution in [0.2, 0.25) is 0 Å². The summed E-state index contributed by atoms with van der Waals surface area (Å²) in [7, 11) is 1.89. The van der Waals surface area contributed by atoms with E-state index >= 15 is 0 Å². The first kappa shape index (κ1) is 21.5. The molecule has 2 amide bonds. The zero-order valence-electron chi connectivity index (χ0n) is 17.8. The van der Waals surface area contributed by atoms with Gasteiger partial charge in [-0.15, -0.1) is 0 Å². The summed E-state index contributed by atoms with van der Waals surface area (Å²) in [4.78, 5) is 29.2. The van der Waals surface area contributed by atoms with Crippen molar-refractivity contribution in [3.8, 4) is 0 Å². The molecule has 3 aromatic rings. The number of likely N-dealkylation sites (N-methyl/N-ethyl adjacent to an activating group) is 1. The van der Waals surface area contributed by atoms with Gasteiger partial charge in [0.1, 0.15) is 11.3 Å². The molecule has 1 N–H and O–H groups in total. The van der Waals surface area contributed by atoms with Crippen LogP contribution in [0.5, 0.6) is 0 Å². The van der Waals surface area contributed by atoms with Gasteiger partial charge in [-0.05, 0) is 44.3 Å². The van der Waals surface area contributed by atoms with Crippen molar-refractivity contribution in [2.24, 2.45) is 0 Å². The Hall–Kier alpha value is -2.77. The summed E-state index contributed by atoms with van der Waals surface area (Å²) < 4.78 is 5.93. The maximum Gasteiger partial charge on any atom is 0.253 e. The van der Waals surface area contributed by atoms with E-state index in [2.05, 4.69) is 5.32 Å².